The van der Waals surface area contributed by atoms with Gasteiger partial charge in [-0.3, -0.25) is 4.99 Å². The number of piperidine rings is 1. The standard InChI is InChI=1S/C19H32N4O2/c1-4-25-18-14-16(8-9-17(18)24-3)15-22-19(20-2)21-10-13-23-11-6-5-7-12-23/h8-9,14H,4-7,10-13,15H2,1-3H3,(H2,20,21,22). The minimum atomic E-state index is 0.618. The highest BCUT2D eigenvalue weighted by atomic mass is 16.5. The second-order valence-corrected chi connectivity index (χ2v) is 6.17. The van der Waals surface area contributed by atoms with Crippen molar-refractivity contribution in [3.63, 3.8) is 0 Å². The predicted molar refractivity (Wildman–Crippen MR) is 103 cm³/mol. The molecule has 1 aromatic carbocycles. The summed E-state index contributed by atoms with van der Waals surface area (Å²) < 4.78 is 11.0. The molecule has 1 aliphatic rings. The van der Waals surface area contributed by atoms with Crippen molar-refractivity contribution in [2.45, 2.75) is 32.7 Å². The molecule has 0 saturated carbocycles. The summed E-state index contributed by atoms with van der Waals surface area (Å²) in [6.07, 6.45) is 4.03. The first-order valence-electron chi connectivity index (χ1n) is 9.23. The molecule has 0 unspecified atom stereocenters. The minimum Gasteiger partial charge on any atom is -0.493 e. The molecule has 140 valence electrons. The number of rotatable bonds is 8. The van der Waals surface area contributed by atoms with E-state index in [1.165, 1.54) is 32.4 Å². The topological polar surface area (TPSA) is 58.1 Å². The smallest absolute Gasteiger partial charge is 0.191 e. The van der Waals surface area contributed by atoms with Gasteiger partial charge in [0.2, 0.25) is 0 Å². The molecule has 0 bridgehead atoms. The van der Waals surface area contributed by atoms with E-state index in [0.29, 0.717) is 13.2 Å². The Morgan fingerprint density at radius 1 is 1.16 bits per heavy atom. The Morgan fingerprint density at radius 2 is 1.96 bits per heavy atom. The highest BCUT2D eigenvalue weighted by Gasteiger charge is 2.10. The maximum atomic E-state index is 5.63. The van der Waals surface area contributed by atoms with Crippen LogP contribution in [0.25, 0.3) is 0 Å². The third-order valence-electron chi connectivity index (χ3n) is 4.38. The fourth-order valence-electron chi connectivity index (χ4n) is 3.02. The van der Waals surface area contributed by atoms with Gasteiger partial charge >= 0.3 is 0 Å². The summed E-state index contributed by atoms with van der Waals surface area (Å²) in [5.41, 5.74) is 1.13. The van der Waals surface area contributed by atoms with Crippen LogP contribution in [0.5, 0.6) is 11.5 Å². The van der Waals surface area contributed by atoms with Crippen molar-refractivity contribution in [2.24, 2.45) is 4.99 Å². The second kappa shape index (κ2) is 10.8. The normalized spacial score (nSPS) is 15.7. The van der Waals surface area contributed by atoms with Crippen LogP contribution in [0, 0.1) is 0 Å². The lowest BCUT2D eigenvalue weighted by Gasteiger charge is -2.26. The molecule has 1 fully saturated rings. The zero-order chi connectivity index (χ0) is 17.9. The zero-order valence-electron chi connectivity index (χ0n) is 15.8. The summed E-state index contributed by atoms with van der Waals surface area (Å²) in [6, 6.07) is 5.99. The fraction of sp³-hybridized carbons (Fsp3) is 0.632. The quantitative estimate of drug-likeness (QED) is 0.557. The molecule has 0 spiro atoms. The third kappa shape index (κ3) is 6.46. The highest BCUT2D eigenvalue weighted by molar-refractivity contribution is 5.79. The number of likely N-dealkylation sites (tertiary alicyclic amines) is 1. The molecular weight excluding hydrogens is 316 g/mol. The van der Waals surface area contributed by atoms with E-state index in [4.69, 9.17) is 9.47 Å². The summed E-state index contributed by atoms with van der Waals surface area (Å²) in [4.78, 5) is 6.81. The van der Waals surface area contributed by atoms with Gasteiger partial charge in [0.05, 0.1) is 13.7 Å². The van der Waals surface area contributed by atoms with Gasteiger partial charge in [0.25, 0.3) is 0 Å². The molecule has 6 heteroatoms. The third-order valence-corrected chi connectivity index (χ3v) is 4.38. The van der Waals surface area contributed by atoms with Crippen LogP contribution in [0.3, 0.4) is 0 Å². The summed E-state index contributed by atoms with van der Waals surface area (Å²) in [5, 5.41) is 6.74. The van der Waals surface area contributed by atoms with Crippen molar-refractivity contribution in [3.8, 4) is 11.5 Å². The number of guanidine groups is 1. The summed E-state index contributed by atoms with van der Waals surface area (Å²) >= 11 is 0. The van der Waals surface area contributed by atoms with Crippen LogP contribution in [0.4, 0.5) is 0 Å². The molecule has 2 N–H and O–H groups in total. The van der Waals surface area contributed by atoms with Gasteiger partial charge in [0.1, 0.15) is 0 Å². The van der Waals surface area contributed by atoms with Gasteiger partial charge in [-0.2, -0.15) is 0 Å². The van der Waals surface area contributed by atoms with E-state index in [1.54, 1.807) is 14.2 Å². The average molecular weight is 348 g/mol. The maximum Gasteiger partial charge on any atom is 0.191 e. The molecule has 1 heterocycles. The van der Waals surface area contributed by atoms with Gasteiger partial charge in [-0.15, -0.1) is 0 Å². The molecule has 0 aliphatic carbocycles. The van der Waals surface area contributed by atoms with Crippen LogP contribution in [-0.4, -0.2) is 57.8 Å². The first-order valence-corrected chi connectivity index (χ1v) is 9.23. The van der Waals surface area contributed by atoms with E-state index < -0.39 is 0 Å². The van der Waals surface area contributed by atoms with Gasteiger partial charge in [-0.05, 0) is 50.6 Å². The van der Waals surface area contributed by atoms with Crippen molar-refractivity contribution in [1.29, 1.82) is 0 Å². The van der Waals surface area contributed by atoms with Crippen molar-refractivity contribution < 1.29 is 9.47 Å². The lowest BCUT2D eigenvalue weighted by atomic mass is 10.1. The Balaban J connectivity index is 1.78. The lowest BCUT2D eigenvalue weighted by Crippen LogP contribution is -2.42. The van der Waals surface area contributed by atoms with Crippen molar-refractivity contribution >= 4 is 5.96 Å². The number of hydrogen-bond acceptors (Lipinski definition) is 4. The van der Waals surface area contributed by atoms with Crippen LogP contribution >= 0.6 is 0 Å². The summed E-state index contributed by atoms with van der Waals surface area (Å²) in [5.74, 6) is 2.36. The van der Waals surface area contributed by atoms with Gasteiger partial charge in [-0.1, -0.05) is 12.5 Å². The number of nitrogens with one attached hydrogen (secondary N) is 2. The Morgan fingerprint density at radius 3 is 2.64 bits per heavy atom. The van der Waals surface area contributed by atoms with Crippen LogP contribution in [-0.2, 0) is 6.54 Å². The number of hydrogen-bond donors (Lipinski definition) is 2. The number of ether oxygens (including phenoxy) is 2. The maximum absolute atomic E-state index is 5.63. The monoisotopic (exact) mass is 348 g/mol. The summed E-state index contributed by atoms with van der Waals surface area (Å²) in [7, 11) is 3.46. The Hall–Kier alpha value is -1.95. The highest BCUT2D eigenvalue weighted by Crippen LogP contribution is 2.27. The van der Waals surface area contributed by atoms with Gasteiger partial charge < -0.3 is 25.0 Å². The van der Waals surface area contributed by atoms with Crippen LogP contribution in [0.15, 0.2) is 23.2 Å². The second-order valence-electron chi connectivity index (χ2n) is 6.17. The van der Waals surface area contributed by atoms with Gasteiger partial charge in [0.15, 0.2) is 17.5 Å². The Labute approximate surface area is 151 Å². The van der Waals surface area contributed by atoms with Crippen molar-refractivity contribution in [3.05, 3.63) is 23.8 Å². The molecule has 1 saturated heterocycles. The molecule has 6 nitrogen and oxygen atoms in total. The average Bonchev–Trinajstić information content (AvgIpc) is 2.66. The molecule has 1 aromatic rings. The molecule has 0 radical (unpaired) electrons. The molecule has 0 atom stereocenters. The van der Waals surface area contributed by atoms with Crippen molar-refractivity contribution in [1.82, 2.24) is 15.5 Å². The van der Waals surface area contributed by atoms with E-state index in [1.807, 2.05) is 25.1 Å². The SMILES string of the molecule is CCOc1cc(CNC(=NC)NCCN2CCCCC2)ccc1OC. The number of methoxy groups -OCH3 is 1. The lowest BCUT2D eigenvalue weighted by molar-refractivity contribution is 0.232. The van der Waals surface area contributed by atoms with E-state index in [0.717, 1.165) is 36.1 Å². The first kappa shape index (κ1) is 19.4. The molecule has 25 heavy (non-hydrogen) atoms. The van der Waals surface area contributed by atoms with E-state index in [9.17, 15) is 0 Å². The van der Waals surface area contributed by atoms with Crippen LogP contribution < -0.4 is 20.1 Å². The van der Waals surface area contributed by atoms with E-state index in [-0.39, 0.29) is 0 Å². The van der Waals surface area contributed by atoms with E-state index in [2.05, 4.69) is 20.5 Å². The number of benzene rings is 1. The largest absolute Gasteiger partial charge is 0.493 e. The number of aliphatic imine (C=N–C) groups is 1. The predicted octanol–water partition coefficient (Wildman–Crippen LogP) is 2.24. The first-order chi connectivity index (χ1) is 12.3. The molecule has 0 amide bonds. The van der Waals surface area contributed by atoms with Gasteiger partial charge in [-0.25, -0.2) is 0 Å². The van der Waals surface area contributed by atoms with E-state index >= 15 is 0 Å². The van der Waals surface area contributed by atoms with Crippen LogP contribution in [0.2, 0.25) is 0 Å². The number of nitrogens with zero attached hydrogens (tertiary/aromatic N) is 2. The molecule has 0 aromatic heterocycles. The zero-order valence-corrected chi connectivity index (χ0v) is 15.8. The Bertz CT molecular complexity index is 542. The summed E-state index contributed by atoms with van der Waals surface area (Å²) in [6.45, 7) is 7.70. The van der Waals surface area contributed by atoms with Crippen molar-refractivity contribution in [2.75, 3.05) is 46.9 Å². The van der Waals surface area contributed by atoms with Crippen LogP contribution in [0.1, 0.15) is 31.7 Å². The minimum absolute atomic E-state index is 0.618. The van der Waals surface area contributed by atoms with Gasteiger partial charge in [0, 0.05) is 26.7 Å². The molecular formula is C19H32N4O2. The molecule has 2 rings (SSSR count). The fourth-order valence-corrected chi connectivity index (χ4v) is 3.02. The Kier molecular flexibility index (Phi) is 8.39. The molecule has 1 aliphatic heterocycles.